The van der Waals surface area contributed by atoms with Gasteiger partial charge < -0.3 is 4.90 Å². The number of rotatable bonds is 2. The molecule has 0 bridgehead atoms. The average Bonchev–Trinajstić information content (AvgIpc) is 2.70. The van der Waals surface area contributed by atoms with Crippen molar-refractivity contribution in [1.29, 1.82) is 0 Å². The molecule has 1 aliphatic carbocycles. The highest BCUT2D eigenvalue weighted by molar-refractivity contribution is 7.87. The normalized spacial score (nSPS) is 32.7. The molecule has 0 aromatic carbocycles. The van der Waals surface area contributed by atoms with Gasteiger partial charge in [-0.05, 0) is 25.7 Å². The van der Waals surface area contributed by atoms with Crippen LogP contribution in [0.4, 0.5) is 17.1 Å². The fourth-order valence-electron chi connectivity index (χ4n) is 2.95. The van der Waals surface area contributed by atoms with Crippen molar-refractivity contribution < 1.29 is 30.3 Å². The van der Waals surface area contributed by atoms with Gasteiger partial charge in [0.15, 0.2) is 0 Å². The summed E-state index contributed by atoms with van der Waals surface area (Å²) in [7, 11) is -4.78. The van der Waals surface area contributed by atoms with E-state index in [1.54, 1.807) is 0 Å². The van der Waals surface area contributed by atoms with Gasteiger partial charge in [0.2, 0.25) is 5.91 Å². The summed E-state index contributed by atoms with van der Waals surface area (Å²) in [6.45, 7) is -0.251. The molecule has 0 radical (unpaired) electrons. The van der Waals surface area contributed by atoms with Gasteiger partial charge in [-0.2, -0.15) is 21.6 Å². The van der Waals surface area contributed by atoms with Gasteiger partial charge in [-0.25, -0.2) is 0 Å². The monoisotopic (exact) mass is 317 g/mol. The number of halogens is 4. The van der Waals surface area contributed by atoms with Crippen LogP contribution >= 0.6 is 0 Å². The van der Waals surface area contributed by atoms with E-state index >= 15 is 0 Å². The van der Waals surface area contributed by atoms with Gasteiger partial charge in [-0.1, -0.05) is 0 Å². The molecule has 2 rings (SSSR count). The van der Waals surface area contributed by atoms with Crippen molar-refractivity contribution >= 4 is 16.1 Å². The molecule has 9 heteroatoms. The fraction of sp³-hybridized carbons (Fsp3) is 0.909. The Balaban J connectivity index is 1.96. The summed E-state index contributed by atoms with van der Waals surface area (Å²) < 4.78 is 72.1. The number of carbonyl (C=O) groups is 1. The lowest BCUT2D eigenvalue weighted by atomic mass is 9.85. The van der Waals surface area contributed by atoms with Crippen LogP contribution in [0.3, 0.4) is 0 Å². The zero-order valence-corrected chi connectivity index (χ0v) is 11.4. The highest BCUT2D eigenvalue weighted by Gasteiger charge is 2.45. The molecule has 20 heavy (non-hydrogen) atoms. The van der Waals surface area contributed by atoms with Gasteiger partial charge in [0, 0.05) is 19.0 Å². The van der Waals surface area contributed by atoms with Crippen LogP contribution in [0.5, 0.6) is 0 Å². The van der Waals surface area contributed by atoms with Crippen molar-refractivity contribution in [1.82, 2.24) is 4.90 Å². The first kappa shape index (κ1) is 15.5. The second kappa shape index (κ2) is 5.16. The minimum atomic E-state index is -4.78. The van der Waals surface area contributed by atoms with Gasteiger partial charge in [-0.3, -0.25) is 4.79 Å². The second-order valence-corrected chi connectivity index (χ2v) is 7.01. The summed E-state index contributed by atoms with van der Waals surface area (Å²) >= 11 is 0. The van der Waals surface area contributed by atoms with Crippen LogP contribution in [-0.4, -0.2) is 43.2 Å². The smallest absolute Gasteiger partial charge is 0.338 e. The minimum Gasteiger partial charge on any atom is -0.338 e. The number of carbonyl (C=O) groups excluding carboxylic acids is 1. The van der Waals surface area contributed by atoms with Crippen LogP contribution in [-0.2, 0) is 15.0 Å². The molecule has 4 nitrogen and oxygen atoms in total. The van der Waals surface area contributed by atoms with Crippen molar-refractivity contribution in [2.24, 2.45) is 5.92 Å². The van der Waals surface area contributed by atoms with E-state index in [0.29, 0.717) is 0 Å². The SMILES string of the molecule is O=C1CC(S(=O)(=O)F)CN1C1CCC(C(F)(F)F)CC1. The lowest BCUT2D eigenvalue weighted by Crippen LogP contribution is -2.41. The van der Waals surface area contributed by atoms with Crippen molar-refractivity contribution in [3.05, 3.63) is 0 Å². The highest BCUT2D eigenvalue weighted by atomic mass is 32.3. The van der Waals surface area contributed by atoms with Gasteiger partial charge >= 0.3 is 16.4 Å². The molecule has 0 aromatic rings. The van der Waals surface area contributed by atoms with E-state index in [4.69, 9.17) is 0 Å². The summed E-state index contributed by atoms with van der Waals surface area (Å²) in [6, 6.07) is -0.409. The summed E-state index contributed by atoms with van der Waals surface area (Å²) in [5, 5.41) is -1.38. The first-order valence-corrected chi connectivity index (χ1v) is 7.83. The highest BCUT2D eigenvalue weighted by Crippen LogP contribution is 2.39. The van der Waals surface area contributed by atoms with Gasteiger partial charge in [-0.15, -0.1) is 3.89 Å². The van der Waals surface area contributed by atoms with Gasteiger partial charge in [0.25, 0.3) is 0 Å². The van der Waals surface area contributed by atoms with Crippen LogP contribution in [0.2, 0.25) is 0 Å². The van der Waals surface area contributed by atoms with E-state index in [9.17, 15) is 30.3 Å². The largest absolute Gasteiger partial charge is 0.391 e. The molecule has 1 unspecified atom stereocenters. The molecule has 1 aliphatic heterocycles. The fourth-order valence-corrected chi connectivity index (χ4v) is 3.63. The van der Waals surface area contributed by atoms with Crippen LogP contribution in [0.15, 0.2) is 0 Å². The molecule has 2 fully saturated rings. The molecule has 2 aliphatic rings. The van der Waals surface area contributed by atoms with E-state index in [1.807, 2.05) is 0 Å². The standard InChI is InChI=1S/C11H15F4NO3S/c12-11(13,14)7-1-3-8(4-2-7)16-6-9(5-10(16)17)20(15,18)19/h7-9H,1-6H2. The molecule has 0 N–H and O–H groups in total. The van der Waals surface area contributed by atoms with Crippen LogP contribution in [0.25, 0.3) is 0 Å². The summed E-state index contributed by atoms with van der Waals surface area (Å²) in [6.07, 6.45) is -4.46. The molecule has 1 heterocycles. The quantitative estimate of drug-likeness (QED) is 0.578. The molecule has 0 spiro atoms. The summed E-state index contributed by atoms with van der Waals surface area (Å²) in [5.41, 5.74) is 0. The van der Waals surface area contributed by atoms with Crippen molar-refractivity contribution in [3.63, 3.8) is 0 Å². The first-order chi connectivity index (χ1) is 9.09. The van der Waals surface area contributed by atoms with Crippen molar-refractivity contribution in [3.8, 4) is 0 Å². The predicted molar refractivity (Wildman–Crippen MR) is 61.9 cm³/mol. The molecular formula is C11H15F4NO3S. The maximum absolute atomic E-state index is 12.9. The lowest BCUT2D eigenvalue weighted by molar-refractivity contribution is -0.184. The number of hydrogen-bond acceptors (Lipinski definition) is 3. The lowest BCUT2D eigenvalue weighted by Gasteiger charge is -2.35. The molecule has 1 amide bonds. The Morgan fingerprint density at radius 1 is 1.10 bits per heavy atom. The van der Waals surface area contributed by atoms with E-state index in [2.05, 4.69) is 0 Å². The maximum Gasteiger partial charge on any atom is 0.391 e. The molecule has 1 atom stereocenters. The molecule has 116 valence electrons. The molecular weight excluding hydrogens is 302 g/mol. The van der Waals surface area contributed by atoms with Crippen LogP contribution in [0.1, 0.15) is 32.1 Å². The van der Waals surface area contributed by atoms with E-state index < -0.39 is 45.9 Å². The average molecular weight is 317 g/mol. The van der Waals surface area contributed by atoms with Crippen molar-refractivity contribution in [2.75, 3.05) is 6.54 Å². The molecule has 1 saturated carbocycles. The third kappa shape index (κ3) is 3.24. The minimum absolute atomic E-state index is 0.0784. The zero-order chi connectivity index (χ0) is 15.1. The molecule has 1 saturated heterocycles. The Morgan fingerprint density at radius 3 is 2.05 bits per heavy atom. The summed E-state index contributed by atoms with van der Waals surface area (Å²) in [4.78, 5) is 12.9. The Hall–Kier alpha value is -0.860. The Kier molecular flexibility index (Phi) is 4.01. The second-order valence-electron chi connectivity index (χ2n) is 5.39. The van der Waals surface area contributed by atoms with Crippen molar-refractivity contribution in [2.45, 2.75) is 49.6 Å². The zero-order valence-electron chi connectivity index (χ0n) is 10.6. The Labute approximate surface area is 114 Å². The third-order valence-corrected chi connectivity index (χ3v) is 5.23. The summed E-state index contributed by atoms with van der Waals surface area (Å²) in [5.74, 6) is -1.86. The van der Waals surface area contributed by atoms with Gasteiger partial charge in [0.1, 0.15) is 5.25 Å². The first-order valence-electron chi connectivity index (χ1n) is 6.38. The topological polar surface area (TPSA) is 54.5 Å². The predicted octanol–water partition coefficient (Wildman–Crippen LogP) is 2.01. The number of amides is 1. The molecule has 0 aromatic heterocycles. The number of nitrogens with zero attached hydrogens (tertiary/aromatic N) is 1. The number of hydrogen-bond donors (Lipinski definition) is 0. The van der Waals surface area contributed by atoms with Crippen LogP contribution < -0.4 is 0 Å². The Morgan fingerprint density at radius 2 is 1.65 bits per heavy atom. The number of alkyl halides is 3. The number of likely N-dealkylation sites (tertiary alicyclic amines) is 1. The van der Waals surface area contributed by atoms with E-state index in [0.717, 1.165) is 0 Å². The van der Waals surface area contributed by atoms with Crippen LogP contribution in [0, 0.1) is 5.92 Å². The van der Waals surface area contributed by atoms with E-state index in [-0.39, 0.29) is 32.2 Å². The third-order valence-electron chi connectivity index (χ3n) is 4.12. The van der Waals surface area contributed by atoms with Gasteiger partial charge in [0.05, 0.1) is 5.92 Å². The van der Waals surface area contributed by atoms with E-state index in [1.165, 1.54) is 4.90 Å². The maximum atomic E-state index is 12.9. The Bertz CT molecular complexity index is 482.